The van der Waals surface area contributed by atoms with E-state index >= 15 is 0 Å². The van der Waals surface area contributed by atoms with Gasteiger partial charge < -0.3 is 14.9 Å². The van der Waals surface area contributed by atoms with Crippen molar-refractivity contribution in [1.82, 2.24) is 14.7 Å². The highest BCUT2D eigenvalue weighted by Gasteiger charge is 2.38. The molecule has 1 N–H and O–H groups in total. The highest BCUT2D eigenvalue weighted by atomic mass is 19.1. The first kappa shape index (κ1) is 20.8. The lowest BCUT2D eigenvalue weighted by molar-refractivity contribution is -0.133. The van der Waals surface area contributed by atoms with E-state index in [0.29, 0.717) is 12.2 Å². The van der Waals surface area contributed by atoms with Crippen molar-refractivity contribution < 1.29 is 19.1 Å². The standard InChI is InChI=1S/C23H28FN3O3/c1-25-15-27-14-19(28)6-7-21(27)23(30)20(25)10-13-26-11-8-17(9-12-26)22(29)16-2-4-18(24)5-3-16/h2-7,14,17,20-21,28H,8-13,15H2,1H3. The van der Waals surface area contributed by atoms with Gasteiger partial charge in [0.2, 0.25) is 0 Å². The zero-order valence-electron chi connectivity index (χ0n) is 17.2. The normalized spacial score (nSPS) is 25.9. The summed E-state index contributed by atoms with van der Waals surface area (Å²) in [5, 5.41) is 9.66. The fourth-order valence-electron chi connectivity index (χ4n) is 4.69. The molecule has 160 valence electrons. The van der Waals surface area contributed by atoms with Gasteiger partial charge in [-0.25, -0.2) is 4.39 Å². The van der Waals surface area contributed by atoms with Gasteiger partial charge in [-0.05, 0) is 69.7 Å². The second-order valence-corrected chi connectivity index (χ2v) is 8.46. The van der Waals surface area contributed by atoms with E-state index < -0.39 is 0 Å². The highest BCUT2D eigenvalue weighted by molar-refractivity contribution is 5.97. The van der Waals surface area contributed by atoms with Crippen LogP contribution in [-0.2, 0) is 4.79 Å². The Balaban J connectivity index is 1.27. The molecule has 0 bridgehead atoms. The fourth-order valence-corrected chi connectivity index (χ4v) is 4.69. The summed E-state index contributed by atoms with van der Waals surface area (Å²) >= 11 is 0. The van der Waals surface area contributed by atoms with Gasteiger partial charge in [0.15, 0.2) is 11.6 Å². The predicted molar refractivity (Wildman–Crippen MR) is 111 cm³/mol. The smallest absolute Gasteiger partial charge is 0.176 e. The van der Waals surface area contributed by atoms with Crippen molar-refractivity contribution in [2.75, 3.05) is 33.4 Å². The van der Waals surface area contributed by atoms with Crippen LogP contribution < -0.4 is 0 Å². The molecule has 0 aromatic heterocycles. The number of likely N-dealkylation sites (N-methyl/N-ethyl adjacent to an activating group) is 1. The molecule has 1 aromatic rings. The lowest BCUT2D eigenvalue weighted by Gasteiger charge is -2.44. The molecule has 0 aliphatic carbocycles. The number of aliphatic hydroxyl groups is 1. The number of piperidine rings is 1. The number of carbonyl (C=O) groups excluding carboxylic acids is 2. The number of carbonyl (C=O) groups is 2. The van der Waals surface area contributed by atoms with E-state index in [4.69, 9.17) is 0 Å². The average Bonchev–Trinajstić information content (AvgIpc) is 2.74. The number of likely N-dealkylation sites (tertiary alicyclic amines) is 1. The van der Waals surface area contributed by atoms with E-state index in [1.807, 2.05) is 16.8 Å². The van der Waals surface area contributed by atoms with Gasteiger partial charge in [-0.1, -0.05) is 6.08 Å². The maximum Gasteiger partial charge on any atom is 0.176 e. The molecule has 2 atom stereocenters. The summed E-state index contributed by atoms with van der Waals surface area (Å²) < 4.78 is 13.1. The van der Waals surface area contributed by atoms with Crippen molar-refractivity contribution in [3.63, 3.8) is 0 Å². The Hall–Kier alpha value is -2.51. The van der Waals surface area contributed by atoms with E-state index in [1.54, 1.807) is 30.5 Å². The number of benzene rings is 1. The van der Waals surface area contributed by atoms with Crippen LogP contribution in [0.2, 0.25) is 0 Å². The van der Waals surface area contributed by atoms with Crippen LogP contribution in [0.15, 0.2) is 48.4 Å². The number of aliphatic hydroxyl groups excluding tert-OH is 1. The predicted octanol–water partition coefficient (Wildman–Crippen LogP) is 2.59. The summed E-state index contributed by atoms with van der Waals surface area (Å²) in [6.07, 6.45) is 7.30. The summed E-state index contributed by atoms with van der Waals surface area (Å²) in [6.45, 7) is 3.07. The number of allylic oxidation sites excluding steroid dienone is 1. The molecule has 0 saturated carbocycles. The van der Waals surface area contributed by atoms with E-state index in [9.17, 15) is 19.1 Å². The molecule has 2 unspecified atom stereocenters. The van der Waals surface area contributed by atoms with Crippen LogP contribution in [0, 0.1) is 11.7 Å². The van der Waals surface area contributed by atoms with Gasteiger partial charge in [-0.2, -0.15) is 0 Å². The Morgan fingerprint density at radius 1 is 1.20 bits per heavy atom. The molecule has 30 heavy (non-hydrogen) atoms. The van der Waals surface area contributed by atoms with Gasteiger partial charge in [0.1, 0.15) is 17.6 Å². The minimum absolute atomic E-state index is 0.0221. The van der Waals surface area contributed by atoms with E-state index in [2.05, 4.69) is 4.90 Å². The monoisotopic (exact) mass is 413 g/mol. The molecule has 0 radical (unpaired) electrons. The highest BCUT2D eigenvalue weighted by Crippen LogP contribution is 2.25. The molecule has 0 amide bonds. The molecular formula is C23H28FN3O3. The molecule has 2 saturated heterocycles. The number of rotatable bonds is 5. The Kier molecular flexibility index (Phi) is 6.01. The van der Waals surface area contributed by atoms with Gasteiger partial charge in [-0.3, -0.25) is 14.5 Å². The summed E-state index contributed by atoms with van der Waals surface area (Å²) in [6, 6.07) is 5.34. The Labute approximate surface area is 176 Å². The third-order valence-corrected chi connectivity index (χ3v) is 6.45. The Morgan fingerprint density at radius 2 is 1.90 bits per heavy atom. The second kappa shape index (κ2) is 8.70. The minimum atomic E-state index is -0.330. The summed E-state index contributed by atoms with van der Waals surface area (Å²) in [5.41, 5.74) is 0.578. The van der Waals surface area contributed by atoms with Gasteiger partial charge in [0.05, 0.1) is 12.7 Å². The minimum Gasteiger partial charge on any atom is -0.506 e. The van der Waals surface area contributed by atoms with Gasteiger partial charge in [-0.15, -0.1) is 0 Å². The third kappa shape index (κ3) is 4.32. The zero-order chi connectivity index (χ0) is 21.3. The van der Waals surface area contributed by atoms with Crippen molar-refractivity contribution in [1.29, 1.82) is 0 Å². The van der Waals surface area contributed by atoms with Crippen LogP contribution in [0.25, 0.3) is 0 Å². The SMILES string of the molecule is CN1CN2C=C(O)C=CC2C(=O)C1CCN1CCC(C(=O)c2ccc(F)cc2)CC1. The quantitative estimate of drug-likeness (QED) is 0.749. The van der Waals surface area contributed by atoms with Crippen molar-refractivity contribution in [3.05, 3.63) is 59.8 Å². The molecule has 3 aliphatic heterocycles. The van der Waals surface area contributed by atoms with Crippen LogP contribution in [0.4, 0.5) is 4.39 Å². The summed E-state index contributed by atoms with van der Waals surface area (Å²) in [5.74, 6) is 0.0701. The molecule has 2 fully saturated rings. The van der Waals surface area contributed by atoms with Crippen molar-refractivity contribution in [2.45, 2.75) is 31.3 Å². The number of ketones is 2. The summed E-state index contributed by atoms with van der Waals surface area (Å²) in [7, 11) is 1.94. The first-order valence-corrected chi connectivity index (χ1v) is 10.5. The van der Waals surface area contributed by atoms with E-state index in [1.165, 1.54) is 12.1 Å². The Bertz CT molecular complexity index is 859. The molecule has 1 aromatic carbocycles. The van der Waals surface area contributed by atoms with Gasteiger partial charge in [0, 0.05) is 24.2 Å². The average molecular weight is 413 g/mol. The molecule has 6 nitrogen and oxygen atoms in total. The number of fused-ring (bicyclic) bond motifs is 1. The van der Waals surface area contributed by atoms with Crippen LogP contribution >= 0.6 is 0 Å². The number of Topliss-reactive ketones (excluding diaryl/α,β-unsaturated/α-hetero) is 2. The van der Waals surface area contributed by atoms with E-state index in [0.717, 1.165) is 38.9 Å². The van der Waals surface area contributed by atoms with Crippen LogP contribution in [0.3, 0.4) is 0 Å². The maximum absolute atomic E-state index is 13.1. The van der Waals surface area contributed by atoms with Crippen molar-refractivity contribution >= 4 is 11.6 Å². The van der Waals surface area contributed by atoms with Crippen LogP contribution in [0.5, 0.6) is 0 Å². The fraction of sp³-hybridized carbons (Fsp3) is 0.478. The van der Waals surface area contributed by atoms with Crippen LogP contribution in [0.1, 0.15) is 29.6 Å². The largest absolute Gasteiger partial charge is 0.506 e. The first-order valence-electron chi connectivity index (χ1n) is 10.5. The second-order valence-electron chi connectivity index (χ2n) is 8.46. The molecule has 0 spiro atoms. The van der Waals surface area contributed by atoms with Crippen LogP contribution in [-0.4, -0.2) is 76.8 Å². The maximum atomic E-state index is 13.1. The molecule has 3 aliphatic rings. The first-order chi connectivity index (χ1) is 14.4. The molecule has 4 rings (SSSR count). The summed E-state index contributed by atoms with van der Waals surface area (Å²) in [4.78, 5) is 31.8. The Morgan fingerprint density at radius 3 is 2.60 bits per heavy atom. The molecule has 7 heteroatoms. The topological polar surface area (TPSA) is 64.1 Å². The molecular weight excluding hydrogens is 385 g/mol. The van der Waals surface area contributed by atoms with Crippen molar-refractivity contribution in [2.24, 2.45) is 5.92 Å². The zero-order valence-corrected chi connectivity index (χ0v) is 17.2. The molecule has 3 heterocycles. The van der Waals surface area contributed by atoms with Gasteiger partial charge >= 0.3 is 0 Å². The van der Waals surface area contributed by atoms with E-state index in [-0.39, 0.29) is 41.1 Å². The third-order valence-electron chi connectivity index (χ3n) is 6.45. The number of hydrogen-bond donors (Lipinski definition) is 1. The lowest BCUT2D eigenvalue weighted by Crippen LogP contribution is -2.59. The van der Waals surface area contributed by atoms with Crippen molar-refractivity contribution in [3.8, 4) is 0 Å². The number of halogens is 1. The lowest BCUT2D eigenvalue weighted by atomic mass is 9.88. The number of nitrogens with zero attached hydrogens (tertiary/aromatic N) is 3. The number of hydrogen-bond acceptors (Lipinski definition) is 6. The van der Waals surface area contributed by atoms with Gasteiger partial charge in [0.25, 0.3) is 0 Å².